The van der Waals surface area contributed by atoms with Crippen LogP contribution in [0.2, 0.25) is 0 Å². The van der Waals surface area contributed by atoms with Gasteiger partial charge in [0.2, 0.25) is 0 Å². The molecule has 0 amide bonds. The van der Waals surface area contributed by atoms with E-state index in [1.54, 1.807) is 0 Å². The fraction of sp³-hybridized carbons (Fsp3) is 0.467. The largest absolute Gasteiger partial charge is 0.375 e. The Labute approximate surface area is 99.8 Å². The molecule has 0 aliphatic heterocycles. The van der Waals surface area contributed by atoms with Gasteiger partial charge in [-0.3, -0.25) is 0 Å². The van der Waals surface area contributed by atoms with Crippen LogP contribution >= 0.6 is 0 Å². The Kier molecular flexibility index (Phi) is 4.17. The quantitative estimate of drug-likeness (QED) is 0.735. The molecular formula is C15H23N. The maximum Gasteiger partial charge on any atom is 0.0364 e. The molecule has 1 heteroatoms. The number of benzene rings is 1. The fourth-order valence-corrected chi connectivity index (χ4v) is 1.85. The summed E-state index contributed by atoms with van der Waals surface area (Å²) in [5.74, 6) is 0.569. The molecule has 0 bridgehead atoms. The Balaban J connectivity index is 3.08. The molecule has 0 atom stereocenters. The molecule has 0 radical (unpaired) electrons. The van der Waals surface area contributed by atoms with Gasteiger partial charge >= 0.3 is 0 Å². The number of hydrogen-bond acceptors (Lipinski definition) is 1. The Bertz CT molecular complexity index is 377. The summed E-state index contributed by atoms with van der Waals surface area (Å²) in [6.45, 7) is 13.9. The highest BCUT2D eigenvalue weighted by molar-refractivity contribution is 5.63. The van der Waals surface area contributed by atoms with Gasteiger partial charge in [0.15, 0.2) is 0 Å². The standard InChI is InChI=1S/C15H23N/c1-7-16(6)13(5)14-9-8-12(4)15(10-14)11(2)3/h8-11H,5,7H2,1-4,6H3. The van der Waals surface area contributed by atoms with E-state index >= 15 is 0 Å². The van der Waals surface area contributed by atoms with Gasteiger partial charge in [-0.05, 0) is 42.5 Å². The van der Waals surface area contributed by atoms with Crippen LogP contribution in [0, 0.1) is 6.92 Å². The molecule has 1 nitrogen and oxygen atoms in total. The van der Waals surface area contributed by atoms with E-state index in [1.165, 1.54) is 16.7 Å². The molecule has 0 fully saturated rings. The van der Waals surface area contributed by atoms with Crippen molar-refractivity contribution in [2.24, 2.45) is 0 Å². The topological polar surface area (TPSA) is 3.24 Å². The average molecular weight is 217 g/mol. The van der Waals surface area contributed by atoms with Crippen LogP contribution in [0.1, 0.15) is 43.4 Å². The highest BCUT2D eigenvalue weighted by atomic mass is 15.1. The minimum Gasteiger partial charge on any atom is -0.375 e. The Hall–Kier alpha value is -1.24. The first-order valence-electron chi connectivity index (χ1n) is 5.98. The molecule has 0 aliphatic carbocycles. The van der Waals surface area contributed by atoms with E-state index in [9.17, 15) is 0 Å². The Morgan fingerprint density at radius 1 is 1.38 bits per heavy atom. The van der Waals surface area contributed by atoms with Crippen LogP contribution in [-0.2, 0) is 0 Å². The molecule has 16 heavy (non-hydrogen) atoms. The number of aryl methyl sites for hydroxylation is 1. The van der Waals surface area contributed by atoms with Gasteiger partial charge in [-0.15, -0.1) is 0 Å². The predicted molar refractivity (Wildman–Crippen MR) is 72.6 cm³/mol. The van der Waals surface area contributed by atoms with Crippen molar-refractivity contribution >= 4 is 5.70 Å². The van der Waals surface area contributed by atoms with Gasteiger partial charge in [0, 0.05) is 19.3 Å². The molecular weight excluding hydrogens is 194 g/mol. The van der Waals surface area contributed by atoms with Gasteiger partial charge in [0.1, 0.15) is 0 Å². The number of nitrogens with zero attached hydrogens (tertiary/aromatic N) is 1. The summed E-state index contributed by atoms with van der Waals surface area (Å²) in [5, 5.41) is 0. The molecule has 1 rings (SSSR count). The molecule has 0 heterocycles. The van der Waals surface area contributed by atoms with E-state index in [0.29, 0.717) is 5.92 Å². The molecule has 1 aromatic rings. The van der Waals surface area contributed by atoms with Crippen LogP contribution in [0.15, 0.2) is 24.8 Å². The molecule has 0 saturated carbocycles. The van der Waals surface area contributed by atoms with Crippen molar-refractivity contribution in [3.05, 3.63) is 41.5 Å². The van der Waals surface area contributed by atoms with E-state index in [0.717, 1.165) is 12.2 Å². The third-order valence-corrected chi connectivity index (χ3v) is 3.17. The Morgan fingerprint density at radius 2 is 2.00 bits per heavy atom. The fourth-order valence-electron chi connectivity index (χ4n) is 1.85. The number of rotatable bonds is 4. The van der Waals surface area contributed by atoms with Gasteiger partial charge < -0.3 is 4.90 Å². The molecule has 0 spiro atoms. The molecule has 0 aliphatic rings. The second-order valence-corrected chi connectivity index (χ2v) is 4.69. The first-order chi connectivity index (χ1) is 7.47. The SMILES string of the molecule is C=C(c1ccc(C)c(C(C)C)c1)N(C)CC. The molecule has 1 aromatic carbocycles. The second kappa shape index (κ2) is 5.20. The summed E-state index contributed by atoms with van der Waals surface area (Å²) >= 11 is 0. The zero-order valence-electron chi connectivity index (χ0n) is 11.2. The molecule has 0 N–H and O–H groups in total. The Morgan fingerprint density at radius 3 is 2.50 bits per heavy atom. The lowest BCUT2D eigenvalue weighted by molar-refractivity contribution is 0.510. The van der Waals surface area contributed by atoms with Crippen LogP contribution in [0.5, 0.6) is 0 Å². The first kappa shape index (κ1) is 12.8. The monoisotopic (exact) mass is 217 g/mol. The summed E-state index contributed by atoms with van der Waals surface area (Å²) in [7, 11) is 2.08. The molecule has 0 saturated heterocycles. The number of hydrogen-bond donors (Lipinski definition) is 0. The maximum atomic E-state index is 4.15. The molecule has 0 unspecified atom stereocenters. The van der Waals surface area contributed by atoms with Crippen molar-refractivity contribution < 1.29 is 0 Å². The lowest BCUT2D eigenvalue weighted by atomic mass is 9.95. The summed E-state index contributed by atoms with van der Waals surface area (Å²) in [6, 6.07) is 6.63. The summed E-state index contributed by atoms with van der Waals surface area (Å²) < 4.78 is 0. The van der Waals surface area contributed by atoms with Crippen molar-refractivity contribution in [3.8, 4) is 0 Å². The zero-order chi connectivity index (χ0) is 12.3. The van der Waals surface area contributed by atoms with Crippen LogP contribution in [-0.4, -0.2) is 18.5 Å². The third-order valence-electron chi connectivity index (χ3n) is 3.17. The van der Waals surface area contributed by atoms with E-state index in [-0.39, 0.29) is 0 Å². The van der Waals surface area contributed by atoms with E-state index < -0.39 is 0 Å². The smallest absolute Gasteiger partial charge is 0.0364 e. The van der Waals surface area contributed by atoms with Gasteiger partial charge in [-0.2, -0.15) is 0 Å². The van der Waals surface area contributed by atoms with Gasteiger partial charge in [0.05, 0.1) is 0 Å². The molecule has 88 valence electrons. The van der Waals surface area contributed by atoms with Crippen molar-refractivity contribution in [2.75, 3.05) is 13.6 Å². The third kappa shape index (κ3) is 2.66. The lowest BCUT2D eigenvalue weighted by Crippen LogP contribution is -2.15. The second-order valence-electron chi connectivity index (χ2n) is 4.69. The van der Waals surface area contributed by atoms with E-state index in [2.05, 4.69) is 64.4 Å². The highest BCUT2D eigenvalue weighted by Crippen LogP contribution is 2.24. The summed E-state index contributed by atoms with van der Waals surface area (Å²) in [4.78, 5) is 2.18. The van der Waals surface area contributed by atoms with Crippen molar-refractivity contribution in [1.29, 1.82) is 0 Å². The zero-order valence-corrected chi connectivity index (χ0v) is 11.2. The molecule has 0 aromatic heterocycles. The van der Waals surface area contributed by atoms with Gasteiger partial charge in [-0.1, -0.05) is 32.6 Å². The van der Waals surface area contributed by atoms with E-state index in [1.807, 2.05) is 0 Å². The summed E-state index contributed by atoms with van der Waals surface area (Å²) in [6.07, 6.45) is 0. The van der Waals surface area contributed by atoms with Crippen molar-refractivity contribution in [1.82, 2.24) is 4.90 Å². The van der Waals surface area contributed by atoms with Crippen LogP contribution < -0.4 is 0 Å². The van der Waals surface area contributed by atoms with Crippen LogP contribution in [0.3, 0.4) is 0 Å². The normalized spacial score (nSPS) is 10.6. The predicted octanol–water partition coefficient (Wildman–Crippen LogP) is 4.04. The highest BCUT2D eigenvalue weighted by Gasteiger charge is 2.08. The van der Waals surface area contributed by atoms with Crippen molar-refractivity contribution in [2.45, 2.75) is 33.6 Å². The van der Waals surface area contributed by atoms with Gasteiger partial charge in [0.25, 0.3) is 0 Å². The van der Waals surface area contributed by atoms with Gasteiger partial charge in [-0.25, -0.2) is 0 Å². The first-order valence-corrected chi connectivity index (χ1v) is 5.98. The maximum absolute atomic E-state index is 4.15. The summed E-state index contributed by atoms with van der Waals surface area (Å²) in [5.41, 5.74) is 5.12. The minimum atomic E-state index is 0.569. The van der Waals surface area contributed by atoms with Crippen LogP contribution in [0.4, 0.5) is 0 Å². The van der Waals surface area contributed by atoms with E-state index in [4.69, 9.17) is 0 Å². The minimum absolute atomic E-state index is 0.569. The lowest BCUT2D eigenvalue weighted by Gasteiger charge is -2.21. The van der Waals surface area contributed by atoms with Crippen molar-refractivity contribution in [3.63, 3.8) is 0 Å². The van der Waals surface area contributed by atoms with Crippen LogP contribution in [0.25, 0.3) is 5.70 Å². The average Bonchev–Trinajstić information content (AvgIpc) is 2.27.